The summed E-state index contributed by atoms with van der Waals surface area (Å²) in [5.41, 5.74) is 9.64. The summed E-state index contributed by atoms with van der Waals surface area (Å²) in [7, 11) is 0. The van der Waals surface area contributed by atoms with E-state index < -0.39 is 17.4 Å². The monoisotopic (exact) mass is 451 g/mol. The maximum Gasteiger partial charge on any atom is 2.00 e. The Hall–Kier alpha value is -0.452. The molecule has 0 aromatic carbocycles. The van der Waals surface area contributed by atoms with Gasteiger partial charge >= 0.3 is 21.1 Å². The summed E-state index contributed by atoms with van der Waals surface area (Å²) in [6, 6.07) is 0.562. The Morgan fingerprint density at radius 2 is 1.26 bits per heavy atom. The maximum atomic E-state index is 10.2. The van der Waals surface area contributed by atoms with Crippen LogP contribution in [0.25, 0.3) is 0 Å². The molecule has 2 atom stereocenters. The van der Waals surface area contributed by atoms with Crippen LogP contribution >= 0.6 is 0 Å². The van der Waals surface area contributed by atoms with Crippen molar-refractivity contribution >= 4 is 11.9 Å². The topological polar surface area (TPSA) is 132 Å². The Labute approximate surface area is 127 Å². The van der Waals surface area contributed by atoms with E-state index in [1.807, 2.05) is 0 Å². The average Bonchev–Trinajstić information content (AvgIpc) is 2.20. The minimum atomic E-state index is -1.67. The zero-order valence-corrected chi connectivity index (χ0v) is 13.0. The van der Waals surface area contributed by atoms with Crippen LogP contribution in [0.3, 0.4) is 0 Å². The van der Waals surface area contributed by atoms with Gasteiger partial charge in [0, 0.05) is 17.5 Å². The van der Waals surface area contributed by atoms with E-state index in [1.165, 1.54) is 12.8 Å². The fourth-order valence-electron chi connectivity index (χ4n) is 2.21. The molecule has 0 amide bonds. The van der Waals surface area contributed by atoms with E-state index in [0.29, 0.717) is 6.42 Å². The van der Waals surface area contributed by atoms with E-state index in [4.69, 9.17) is 11.5 Å². The molecular weight excluding hydrogens is 431 g/mol. The third-order valence-corrected chi connectivity index (χ3v) is 3.86. The molecule has 4 N–H and O–H groups in total. The van der Waals surface area contributed by atoms with E-state index in [9.17, 15) is 19.8 Å². The van der Waals surface area contributed by atoms with Crippen molar-refractivity contribution in [3.8, 4) is 0 Å². The van der Waals surface area contributed by atoms with Crippen molar-refractivity contribution in [1.82, 2.24) is 0 Å². The molecule has 0 heterocycles. The number of carbonyl (C=O) groups is 2. The van der Waals surface area contributed by atoms with Gasteiger partial charge in [-0.05, 0) is 25.7 Å². The first-order chi connectivity index (χ1) is 8.40. The molecular formula is C12H20N2O4Pt. The van der Waals surface area contributed by atoms with Gasteiger partial charge in [-0.25, -0.2) is 0 Å². The number of carboxylic acid groups (broad SMARTS) is 2. The first-order valence-electron chi connectivity index (χ1n) is 6.34. The summed E-state index contributed by atoms with van der Waals surface area (Å²) in [4.78, 5) is 20.4. The normalized spacial score (nSPS) is 27.9. The van der Waals surface area contributed by atoms with Crippen molar-refractivity contribution in [3.63, 3.8) is 0 Å². The van der Waals surface area contributed by atoms with Crippen molar-refractivity contribution in [1.29, 1.82) is 0 Å². The van der Waals surface area contributed by atoms with Crippen molar-refractivity contribution in [3.05, 3.63) is 0 Å². The van der Waals surface area contributed by atoms with Crippen LogP contribution in [0.4, 0.5) is 0 Å². The van der Waals surface area contributed by atoms with Gasteiger partial charge in [0.2, 0.25) is 0 Å². The molecule has 2 aliphatic carbocycles. The summed E-state index contributed by atoms with van der Waals surface area (Å²) in [5.74, 6) is -3.03. The molecule has 0 saturated heterocycles. The minimum Gasteiger partial charge on any atom is -0.549 e. The number of rotatable bonds is 2. The van der Waals surface area contributed by atoms with Crippen LogP contribution in [0.15, 0.2) is 0 Å². The number of hydrogen-bond donors (Lipinski definition) is 2. The minimum absolute atomic E-state index is 0. The summed E-state index contributed by atoms with van der Waals surface area (Å²) in [6.45, 7) is 0. The Morgan fingerprint density at radius 3 is 1.37 bits per heavy atom. The number of aliphatic carboxylic acids is 2. The van der Waals surface area contributed by atoms with Crippen molar-refractivity contribution in [2.45, 2.75) is 57.0 Å². The van der Waals surface area contributed by atoms with Crippen molar-refractivity contribution in [2.75, 3.05) is 0 Å². The molecule has 2 rings (SSSR count). The van der Waals surface area contributed by atoms with Gasteiger partial charge in [0.1, 0.15) is 0 Å². The fraction of sp³-hybridized carbons (Fsp3) is 0.833. The Bertz CT molecular complexity index is 295. The molecule has 19 heavy (non-hydrogen) atoms. The van der Waals surface area contributed by atoms with Crippen LogP contribution in [0, 0.1) is 5.41 Å². The van der Waals surface area contributed by atoms with E-state index in [2.05, 4.69) is 0 Å². The van der Waals surface area contributed by atoms with Gasteiger partial charge in [-0.1, -0.05) is 19.3 Å². The number of nitrogens with two attached hydrogens (primary N) is 2. The van der Waals surface area contributed by atoms with Crippen LogP contribution in [0.1, 0.15) is 44.9 Å². The van der Waals surface area contributed by atoms with Gasteiger partial charge in [0.15, 0.2) is 0 Å². The largest absolute Gasteiger partial charge is 2.00 e. The maximum absolute atomic E-state index is 10.2. The SMILES string of the molecule is NC1CCCCC1N.O=C([O-])C1(C(=O)[O-])CCC1.[Pt+2]. The van der Waals surface area contributed by atoms with Gasteiger partial charge in [-0.3, -0.25) is 0 Å². The molecule has 2 saturated carbocycles. The van der Waals surface area contributed by atoms with Gasteiger partial charge in [-0.15, -0.1) is 0 Å². The smallest absolute Gasteiger partial charge is 0.549 e. The van der Waals surface area contributed by atoms with Crippen molar-refractivity contribution in [2.24, 2.45) is 16.9 Å². The molecule has 2 aliphatic rings. The molecule has 0 aromatic heterocycles. The van der Waals surface area contributed by atoms with E-state index in [1.54, 1.807) is 0 Å². The fourth-order valence-corrected chi connectivity index (χ4v) is 2.21. The Morgan fingerprint density at radius 1 is 0.895 bits per heavy atom. The molecule has 2 fully saturated rings. The number of carboxylic acids is 2. The zero-order valence-electron chi connectivity index (χ0n) is 10.7. The molecule has 2 unspecified atom stereocenters. The van der Waals surface area contributed by atoms with E-state index in [-0.39, 0.29) is 46.0 Å². The standard InChI is InChI=1S/C6H14N2.C6H8O4.Pt/c7-5-3-1-2-4-6(5)8;7-4(8)6(5(9)10)2-1-3-6;/h5-6H,1-4,7-8H2;1-3H2,(H,7,8)(H,9,10);/q;;+2/p-2. The van der Waals surface area contributed by atoms with Gasteiger partial charge in [0.25, 0.3) is 0 Å². The molecule has 6 nitrogen and oxygen atoms in total. The quantitative estimate of drug-likeness (QED) is 0.461. The first-order valence-corrected chi connectivity index (χ1v) is 6.34. The predicted molar refractivity (Wildman–Crippen MR) is 60.7 cm³/mol. The summed E-state index contributed by atoms with van der Waals surface area (Å²) < 4.78 is 0. The van der Waals surface area contributed by atoms with Crippen molar-refractivity contribution < 1.29 is 40.9 Å². The summed E-state index contributed by atoms with van der Waals surface area (Å²) in [6.07, 6.45) is 5.73. The Kier molecular flexibility index (Phi) is 7.78. The third-order valence-electron chi connectivity index (χ3n) is 3.86. The van der Waals surface area contributed by atoms with Crippen LogP contribution in [0.5, 0.6) is 0 Å². The molecule has 7 heteroatoms. The van der Waals surface area contributed by atoms with E-state index >= 15 is 0 Å². The zero-order chi connectivity index (χ0) is 13.8. The Balaban J connectivity index is 0.000000331. The molecule has 0 aliphatic heterocycles. The van der Waals surface area contributed by atoms with Gasteiger partial charge in [-0.2, -0.15) is 0 Å². The molecule has 112 valence electrons. The summed E-state index contributed by atoms with van der Waals surface area (Å²) in [5, 5.41) is 20.4. The van der Waals surface area contributed by atoms with Crippen LogP contribution in [-0.2, 0) is 30.7 Å². The van der Waals surface area contributed by atoms with Crippen LogP contribution in [0.2, 0.25) is 0 Å². The van der Waals surface area contributed by atoms with Gasteiger partial charge in [0.05, 0.1) is 11.9 Å². The second-order valence-electron chi connectivity index (χ2n) is 5.12. The second-order valence-corrected chi connectivity index (χ2v) is 5.12. The first kappa shape index (κ1) is 18.5. The van der Waals surface area contributed by atoms with Gasteiger partial charge < -0.3 is 31.3 Å². The third kappa shape index (κ3) is 4.55. The molecule has 0 spiro atoms. The molecule has 0 bridgehead atoms. The molecule has 0 aromatic rings. The molecule has 0 radical (unpaired) electrons. The predicted octanol–water partition coefficient (Wildman–Crippen LogP) is -2.13. The van der Waals surface area contributed by atoms with Crippen LogP contribution < -0.4 is 21.7 Å². The number of hydrogen-bond acceptors (Lipinski definition) is 6. The van der Waals surface area contributed by atoms with E-state index in [0.717, 1.165) is 12.8 Å². The second kappa shape index (κ2) is 7.97. The van der Waals surface area contributed by atoms with Crippen LogP contribution in [-0.4, -0.2) is 24.0 Å². The average molecular weight is 451 g/mol. The number of carbonyl (C=O) groups excluding carboxylic acids is 2. The summed E-state index contributed by atoms with van der Waals surface area (Å²) >= 11 is 0.